The van der Waals surface area contributed by atoms with E-state index in [0.29, 0.717) is 18.5 Å². The molecule has 0 unspecified atom stereocenters. The van der Waals surface area contributed by atoms with E-state index >= 15 is 0 Å². The van der Waals surface area contributed by atoms with Gasteiger partial charge >= 0.3 is 0 Å². The van der Waals surface area contributed by atoms with E-state index in [4.69, 9.17) is 0 Å². The van der Waals surface area contributed by atoms with Crippen LogP contribution in [-0.2, 0) is 17.8 Å². The van der Waals surface area contributed by atoms with E-state index in [0.717, 1.165) is 35.3 Å². The molecule has 1 N–H and O–H groups in total. The van der Waals surface area contributed by atoms with Crippen LogP contribution in [0.1, 0.15) is 49.7 Å². The zero-order valence-corrected chi connectivity index (χ0v) is 17.3. The van der Waals surface area contributed by atoms with Crippen LogP contribution in [0.2, 0.25) is 0 Å². The molecule has 3 aromatic rings. The molecule has 0 radical (unpaired) electrons. The van der Waals surface area contributed by atoms with E-state index in [2.05, 4.69) is 29.5 Å². The van der Waals surface area contributed by atoms with Crippen molar-refractivity contribution in [3.8, 4) is 0 Å². The number of hydrogen-bond donors (Lipinski definition) is 1. The van der Waals surface area contributed by atoms with Crippen LogP contribution in [0.3, 0.4) is 0 Å². The van der Waals surface area contributed by atoms with E-state index in [1.807, 2.05) is 17.4 Å². The molecule has 0 aromatic carbocycles. The van der Waals surface area contributed by atoms with Crippen LogP contribution in [0.15, 0.2) is 28.6 Å². The molecule has 1 amide bonds. The van der Waals surface area contributed by atoms with Gasteiger partial charge in [-0.1, -0.05) is 18.6 Å². The van der Waals surface area contributed by atoms with Crippen LogP contribution in [0.4, 0.5) is 0 Å². The molecule has 6 nitrogen and oxygen atoms in total. The van der Waals surface area contributed by atoms with Crippen LogP contribution >= 0.6 is 11.3 Å². The predicted octanol–water partition coefficient (Wildman–Crippen LogP) is 3.59. The lowest BCUT2D eigenvalue weighted by Crippen LogP contribution is -2.35. The van der Waals surface area contributed by atoms with Gasteiger partial charge in [-0.2, -0.15) is 5.10 Å². The summed E-state index contributed by atoms with van der Waals surface area (Å²) in [5.74, 6) is 0.629. The number of aryl methyl sites for hydroxylation is 2. The summed E-state index contributed by atoms with van der Waals surface area (Å²) in [7, 11) is 0. The van der Waals surface area contributed by atoms with Gasteiger partial charge in [-0.25, -0.2) is 4.68 Å². The molecule has 28 heavy (non-hydrogen) atoms. The molecule has 0 aliphatic heterocycles. The first-order valence-corrected chi connectivity index (χ1v) is 10.8. The van der Waals surface area contributed by atoms with Crippen LogP contribution < -0.4 is 10.9 Å². The molecule has 148 valence electrons. The second kappa shape index (κ2) is 7.91. The van der Waals surface area contributed by atoms with Gasteiger partial charge in [0.15, 0.2) is 0 Å². The highest BCUT2D eigenvalue weighted by Gasteiger charge is 2.16. The van der Waals surface area contributed by atoms with Crippen LogP contribution in [0, 0.1) is 6.92 Å². The summed E-state index contributed by atoms with van der Waals surface area (Å²) in [4.78, 5) is 26.5. The van der Waals surface area contributed by atoms with Gasteiger partial charge in [-0.05, 0) is 51.2 Å². The van der Waals surface area contributed by atoms with Crippen LogP contribution in [0.25, 0.3) is 15.7 Å². The fraction of sp³-hybridized carbons (Fsp3) is 0.476. The highest BCUT2D eigenvalue weighted by molar-refractivity contribution is 7.19. The maximum atomic E-state index is 12.9. The number of amides is 1. The normalized spacial score (nSPS) is 14.6. The van der Waals surface area contributed by atoms with Crippen molar-refractivity contribution >= 4 is 33.0 Å². The fourth-order valence-electron chi connectivity index (χ4n) is 3.93. The molecule has 1 aliphatic carbocycles. The number of nitrogens with zero attached hydrogens (tertiary/aromatic N) is 3. The number of carbonyl (C=O) groups excluding carboxylic acids is 1. The fourth-order valence-corrected chi connectivity index (χ4v) is 4.88. The standard InChI is InChI=1S/C21H26N4O2S/c1-3-19-23-24(13-20(26)22-10-9-15-7-5-4-6-8-15)21(27)17-12-18-16(25(17)19)11-14(2)28-18/h7,11-12H,3-6,8-10,13H2,1-2H3,(H,22,26). The second-order valence-corrected chi connectivity index (χ2v) is 8.70. The number of fused-ring (bicyclic) bond motifs is 3. The monoisotopic (exact) mass is 398 g/mol. The van der Waals surface area contributed by atoms with Crippen molar-refractivity contribution in [2.24, 2.45) is 0 Å². The average Bonchev–Trinajstić information content (AvgIpc) is 3.21. The molecule has 3 aromatic heterocycles. The van der Waals surface area contributed by atoms with Crippen molar-refractivity contribution in [1.29, 1.82) is 0 Å². The summed E-state index contributed by atoms with van der Waals surface area (Å²) >= 11 is 1.67. The smallest absolute Gasteiger partial charge is 0.291 e. The highest BCUT2D eigenvalue weighted by Crippen LogP contribution is 2.28. The molecular formula is C21H26N4O2S. The lowest BCUT2D eigenvalue weighted by Gasteiger charge is -2.13. The van der Waals surface area contributed by atoms with Gasteiger partial charge in [0.05, 0.1) is 10.2 Å². The van der Waals surface area contributed by atoms with Gasteiger partial charge in [0.2, 0.25) is 5.91 Å². The molecule has 1 aliphatic rings. The summed E-state index contributed by atoms with van der Waals surface area (Å²) in [5.41, 5.74) is 2.83. The first-order chi connectivity index (χ1) is 13.6. The Morgan fingerprint density at radius 2 is 2.14 bits per heavy atom. The van der Waals surface area contributed by atoms with E-state index in [-0.39, 0.29) is 18.0 Å². The van der Waals surface area contributed by atoms with E-state index in [1.165, 1.54) is 28.0 Å². The predicted molar refractivity (Wildman–Crippen MR) is 113 cm³/mol. The van der Waals surface area contributed by atoms with Gasteiger partial charge in [0.25, 0.3) is 5.56 Å². The minimum Gasteiger partial charge on any atom is -0.354 e. The molecule has 0 spiro atoms. The Morgan fingerprint density at radius 1 is 1.29 bits per heavy atom. The van der Waals surface area contributed by atoms with Crippen molar-refractivity contribution in [2.45, 2.75) is 58.9 Å². The number of hydrogen-bond acceptors (Lipinski definition) is 4. The molecule has 0 saturated heterocycles. The third-order valence-corrected chi connectivity index (χ3v) is 6.31. The van der Waals surface area contributed by atoms with E-state index in [1.54, 1.807) is 11.3 Å². The van der Waals surface area contributed by atoms with Crippen molar-refractivity contribution in [3.05, 3.63) is 44.8 Å². The zero-order chi connectivity index (χ0) is 19.7. The van der Waals surface area contributed by atoms with Crippen LogP contribution in [0.5, 0.6) is 0 Å². The molecular weight excluding hydrogens is 372 g/mol. The Kier molecular flexibility index (Phi) is 5.35. The topological polar surface area (TPSA) is 68.4 Å². The second-order valence-electron chi connectivity index (χ2n) is 7.41. The quantitative estimate of drug-likeness (QED) is 0.645. The Morgan fingerprint density at radius 3 is 2.89 bits per heavy atom. The number of carbonyl (C=O) groups is 1. The molecule has 0 saturated carbocycles. The van der Waals surface area contributed by atoms with E-state index in [9.17, 15) is 9.59 Å². The van der Waals surface area contributed by atoms with Gasteiger partial charge < -0.3 is 5.32 Å². The summed E-state index contributed by atoms with van der Waals surface area (Å²) < 4.78 is 4.32. The van der Waals surface area contributed by atoms with Crippen molar-refractivity contribution in [3.63, 3.8) is 0 Å². The van der Waals surface area contributed by atoms with Gasteiger partial charge in [0, 0.05) is 17.8 Å². The molecule has 0 fully saturated rings. The summed E-state index contributed by atoms with van der Waals surface area (Å²) in [6.07, 6.45) is 8.67. The Labute approximate surface area is 167 Å². The van der Waals surface area contributed by atoms with Gasteiger partial charge in [-0.3, -0.25) is 14.0 Å². The Balaban J connectivity index is 1.53. The lowest BCUT2D eigenvalue weighted by molar-refractivity contribution is -0.121. The summed E-state index contributed by atoms with van der Waals surface area (Å²) in [6.45, 7) is 4.65. The average molecular weight is 399 g/mol. The highest BCUT2D eigenvalue weighted by atomic mass is 32.1. The molecule has 3 heterocycles. The number of allylic oxidation sites excluding steroid dienone is 1. The van der Waals surface area contributed by atoms with Crippen molar-refractivity contribution in [2.75, 3.05) is 6.54 Å². The number of thiophene rings is 1. The Bertz CT molecular complexity index is 1120. The maximum absolute atomic E-state index is 12.9. The molecule has 0 bridgehead atoms. The van der Waals surface area contributed by atoms with Gasteiger partial charge in [0.1, 0.15) is 17.9 Å². The summed E-state index contributed by atoms with van der Waals surface area (Å²) in [6, 6.07) is 4.00. The zero-order valence-electron chi connectivity index (χ0n) is 16.5. The molecule has 0 atom stereocenters. The minimum absolute atomic E-state index is 0.0424. The van der Waals surface area contributed by atoms with Gasteiger partial charge in [-0.15, -0.1) is 11.3 Å². The molecule has 7 heteroatoms. The van der Waals surface area contributed by atoms with Crippen molar-refractivity contribution in [1.82, 2.24) is 19.5 Å². The summed E-state index contributed by atoms with van der Waals surface area (Å²) in [5, 5.41) is 7.42. The number of aromatic nitrogens is 3. The lowest BCUT2D eigenvalue weighted by atomic mass is 9.97. The number of nitrogens with one attached hydrogen (secondary N) is 1. The Hall–Kier alpha value is -2.41. The van der Waals surface area contributed by atoms with Crippen LogP contribution in [-0.4, -0.2) is 26.6 Å². The first kappa shape index (κ1) is 18.9. The SMILES string of the molecule is CCc1nn(CC(=O)NCCC2=CCCCC2)c(=O)c2cc3sc(C)cc3n12. The largest absolute Gasteiger partial charge is 0.354 e. The number of rotatable bonds is 6. The third kappa shape index (κ3) is 3.63. The third-order valence-electron chi connectivity index (χ3n) is 5.32. The molecule has 4 rings (SSSR count). The van der Waals surface area contributed by atoms with Crippen molar-refractivity contribution < 1.29 is 4.79 Å². The maximum Gasteiger partial charge on any atom is 0.291 e. The van der Waals surface area contributed by atoms with E-state index < -0.39 is 0 Å². The minimum atomic E-state index is -0.219. The first-order valence-electron chi connectivity index (χ1n) is 10.0.